The van der Waals surface area contributed by atoms with E-state index in [1.807, 2.05) is 48.7 Å². The zero-order valence-electron chi connectivity index (χ0n) is 15.0. The number of nitrogens with one attached hydrogen (secondary N) is 1. The van der Waals surface area contributed by atoms with Gasteiger partial charge in [-0.05, 0) is 56.5 Å². The Hall–Kier alpha value is -2.73. The van der Waals surface area contributed by atoms with E-state index in [0.717, 1.165) is 47.7 Å². The predicted molar refractivity (Wildman–Crippen MR) is 99.6 cm³/mol. The molecule has 1 aliphatic rings. The lowest BCUT2D eigenvalue weighted by Gasteiger charge is -2.14. The topological polar surface area (TPSA) is 69.0 Å². The number of carbonyl (C=O) groups is 1. The standard InChI is InChI=1S/C20H22N4O2/c1-13-7-8-15(20(25)22-12-16-5-4-10-26-16)11-18(13)24-14(2)23-17-6-3-9-21-19(17)24/h3,6-9,11,16H,4-5,10,12H2,1-2H3,(H,22,25). The largest absolute Gasteiger partial charge is 0.376 e. The number of rotatable bonds is 4. The summed E-state index contributed by atoms with van der Waals surface area (Å²) in [4.78, 5) is 21.6. The van der Waals surface area contributed by atoms with E-state index >= 15 is 0 Å². The van der Waals surface area contributed by atoms with Gasteiger partial charge >= 0.3 is 0 Å². The summed E-state index contributed by atoms with van der Waals surface area (Å²) in [5.41, 5.74) is 4.26. The lowest BCUT2D eigenvalue weighted by molar-refractivity contribution is 0.0858. The zero-order chi connectivity index (χ0) is 18.1. The van der Waals surface area contributed by atoms with Crippen LogP contribution < -0.4 is 5.32 Å². The van der Waals surface area contributed by atoms with Gasteiger partial charge in [-0.1, -0.05) is 6.07 Å². The van der Waals surface area contributed by atoms with Crippen LogP contribution in [0.4, 0.5) is 0 Å². The Kier molecular flexibility index (Phi) is 4.42. The smallest absolute Gasteiger partial charge is 0.251 e. The number of pyridine rings is 1. The molecule has 1 unspecified atom stereocenters. The summed E-state index contributed by atoms with van der Waals surface area (Å²) in [6.07, 6.45) is 3.96. The Labute approximate surface area is 152 Å². The third-order valence-corrected chi connectivity index (χ3v) is 4.81. The molecule has 0 bridgehead atoms. The Morgan fingerprint density at radius 3 is 3.04 bits per heavy atom. The average Bonchev–Trinajstić information content (AvgIpc) is 3.27. The Balaban J connectivity index is 1.65. The first-order chi connectivity index (χ1) is 12.6. The molecule has 0 saturated carbocycles. The lowest BCUT2D eigenvalue weighted by atomic mass is 10.1. The maximum atomic E-state index is 12.6. The van der Waals surface area contributed by atoms with Gasteiger partial charge in [-0.25, -0.2) is 9.97 Å². The van der Waals surface area contributed by atoms with Crippen molar-refractivity contribution in [1.82, 2.24) is 19.9 Å². The molecule has 2 aromatic heterocycles. The molecule has 6 heteroatoms. The molecule has 3 aromatic rings. The van der Waals surface area contributed by atoms with Gasteiger partial charge in [0.2, 0.25) is 0 Å². The van der Waals surface area contributed by atoms with E-state index in [-0.39, 0.29) is 12.0 Å². The number of benzene rings is 1. The fourth-order valence-electron chi connectivity index (χ4n) is 3.42. The lowest BCUT2D eigenvalue weighted by Crippen LogP contribution is -2.31. The van der Waals surface area contributed by atoms with Crippen molar-refractivity contribution < 1.29 is 9.53 Å². The van der Waals surface area contributed by atoms with Crippen LogP contribution in [-0.4, -0.2) is 39.7 Å². The van der Waals surface area contributed by atoms with E-state index in [4.69, 9.17) is 4.74 Å². The highest BCUT2D eigenvalue weighted by Gasteiger charge is 2.18. The first-order valence-electron chi connectivity index (χ1n) is 8.94. The number of ether oxygens (including phenoxy) is 1. The zero-order valence-corrected chi connectivity index (χ0v) is 15.0. The van der Waals surface area contributed by atoms with Crippen molar-refractivity contribution in [2.24, 2.45) is 0 Å². The summed E-state index contributed by atoms with van der Waals surface area (Å²) in [6, 6.07) is 9.54. The molecule has 134 valence electrons. The SMILES string of the molecule is Cc1ccc(C(=O)NCC2CCCO2)cc1-n1c(C)nc2cccnc21. The van der Waals surface area contributed by atoms with Gasteiger partial charge in [0.05, 0.1) is 11.8 Å². The maximum Gasteiger partial charge on any atom is 0.251 e. The van der Waals surface area contributed by atoms with Crippen molar-refractivity contribution in [3.8, 4) is 5.69 Å². The fraction of sp³-hybridized carbons (Fsp3) is 0.350. The van der Waals surface area contributed by atoms with E-state index in [9.17, 15) is 4.79 Å². The number of fused-ring (bicyclic) bond motifs is 1. The minimum atomic E-state index is -0.0863. The van der Waals surface area contributed by atoms with Crippen molar-refractivity contribution in [1.29, 1.82) is 0 Å². The minimum Gasteiger partial charge on any atom is -0.376 e. The molecular weight excluding hydrogens is 328 g/mol. The Morgan fingerprint density at radius 1 is 1.35 bits per heavy atom. The second-order valence-electron chi connectivity index (χ2n) is 6.69. The van der Waals surface area contributed by atoms with Gasteiger partial charge in [-0.2, -0.15) is 0 Å². The van der Waals surface area contributed by atoms with Gasteiger partial charge in [0.1, 0.15) is 11.3 Å². The molecular formula is C20H22N4O2. The number of nitrogens with zero attached hydrogens (tertiary/aromatic N) is 3. The summed E-state index contributed by atoms with van der Waals surface area (Å²) in [7, 11) is 0. The van der Waals surface area contributed by atoms with E-state index in [1.54, 1.807) is 6.20 Å². The van der Waals surface area contributed by atoms with Crippen LogP contribution in [0.5, 0.6) is 0 Å². The first kappa shape index (κ1) is 16.7. The molecule has 0 radical (unpaired) electrons. The van der Waals surface area contributed by atoms with E-state index in [1.165, 1.54) is 0 Å². The summed E-state index contributed by atoms with van der Waals surface area (Å²) in [5, 5.41) is 2.98. The van der Waals surface area contributed by atoms with E-state index in [0.29, 0.717) is 12.1 Å². The number of hydrogen-bond acceptors (Lipinski definition) is 4. The summed E-state index contributed by atoms with van der Waals surface area (Å²) < 4.78 is 7.57. The summed E-state index contributed by atoms with van der Waals surface area (Å²) in [5.74, 6) is 0.760. The van der Waals surface area contributed by atoms with Gasteiger partial charge in [-0.15, -0.1) is 0 Å². The van der Waals surface area contributed by atoms with E-state index in [2.05, 4.69) is 15.3 Å². The van der Waals surface area contributed by atoms with E-state index < -0.39 is 0 Å². The molecule has 1 atom stereocenters. The second kappa shape index (κ2) is 6.88. The van der Waals surface area contributed by atoms with Crippen molar-refractivity contribution in [3.05, 3.63) is 53.5 Å². The number of hydrogen-bond donors (Lipinski definition) is 1. The van der Waals surface area contributed by atoms with Gasteiger partial charge in [-0.3, -0.25) is 9.36 Å². The van der Waals surface area contributed by atoms with Crippen LogP contribution in [0, 0.1) is 13.8 Å². The highest BCUT2D eigenvalue weighted by Crippen LogP contribution is 2.23. The highest BCUT2D eigenvalue weighted by molar-refractivity contribution is 5.95. The Bertz CT molecular complexity index is 958. The number of carbonyl (C=O) groups excluding carboxylic acids is 1. The van der Waals surface area contributed by atoms with Gasteiger partial charge < -0.3 is 10.1 Å². The molecule has 1 amide bonds. The second-order valence-corrected chi connectivity index (χ2v) is 6.69. The molecule has 0 aliphatic carbocycles. The molecule has 3 heterocycles. The number of imidazole rings is 1. The van der Waals surface area contributed by atoms with Crippen molar-refractivity contribution in [2.45, 2.75) is 32.8 Å². The van der Waals surface area contributed by atoms with Crippen molar-refractivity contribution >= 4 is 17.1 Å². The molecule has 6 nitrogen and oxygen atoms in total. The summed E-state index contributed by atoms with van der Waals surface area (Å²) >= 11 is 0. The van der Waals surface area contributed by atoms with Crippen LogP contribution in [0.3, 0.4) is 0 Å². The van der Waals surface area contributed by atoms with Crippen molar-refractivity contribution in [3.63, 3.8) is 0 Å². The van der Waals surface area contributed by atoms with Gasteiger partial charge in [0.15, 0.2) is 5.65 Å². The van der Waals surface area contributed by atoms with Crippen LogP contribution in [0.25, 0.3) is 16.9 Å². The molecule has 1 aliphatic heterocycles. The number of amides is 1. The molecule has 1 saturated heterocycles. The van der Waals surface area contributed by atoms with Gasteiger partial charge in [0.25, 0.3) is 5.91 Å². The summed E-state index contributed by atoms with van der Waals surface area (Å²) in [6.45, 7) is 5.31. The average molecular weight is 350 g/mol. The minimum absolute atomic E-state index is 0.0863. The number of aryl methyl sites for hydroxylation is 2. The molecule has 4 rings (SSSR count). The van der Waals surface area contributed by atoms with Crippen LogP contribution in [0.2, 0.25) is 0 Å². The maximum absolute atomic E-state index is 12.6. The monoisotopic (exact) mass is 350 g/mol. The predicted octanol–water partition coefficient (Wildman–Crippen LogP) is 2.95. The normalized spacial score (nSPS) is 16.9. The molecule has 1 N–H and O–H groups in total. The molecule has 26 heavy (non-hydrogen) atoms. The van der Waals surface area contributed by atoms with Crippen LogP contribution >= 0.6 is 0 Å². The molecule has 1 aromatic carbocycles. The highest BCUT2D eigenvalue weighted by atomic mass is 16.5. The van der Waals surface area contributed by atoms with Gasteiger partial charge in [0, 0.05) is 24.9 Å². The van der Waals surface area contributed by atoms with Crippen LogP contribution in [0.1, 0.15) is 34.6 Å². The first-order valence-corrected chi connectivity index (χ1v) is 8.94. The number of aromatic nitrogens is 3. The van der Waals surface area contributed by atoms with Crippen LogP contribution in [-0.2, 0) is 4.74 Å². The van der Waals surface area contributed by atoms with Crippen molar-refractivity contribution in [2.75, 3.05) is 13.2 Å². The quantitative estimate of drug-likeness (QED) is 0.785. The third-order valence-electron chi connectivity index (χ3n) is 4.81. The molecule has 0 spiro atoms. The fourth-order valence-corrected chi connectivity index (χ4v) is 3.42. The molecule has 1 fully saturated rings. The van der Waals surface area contributed by atoms with Crippen LogP contribution in [0.15, 0.2) is 36.5 Å². The Morgan fingerprint density at radius 2 is 2.23 bits per heavy atom. The third kappa shape index (κ3) is 3.08.